The summed E-state index contributed by atoms with van der Waals surface area (Å²) >= 11 is 12.2. The van der Waals surface area contributed by atoms with Gasteiger partial charge >= 0.3 is 0 Å². The van der Waals surface area contributed by atoms with Gasteiger partial charge in [0.25, 0.3) is 0 Å². The van der Waals surface area contributed by atoms with Gasteiger partial charge in [0, 0.05) is 43.9 Å². The molecule has 4 aromatic rings. The first-order valence-corrected chi connectivity index (χ1v) is 11.1. The molecule has 0 atom stereocenters. The number of hydrogen-bond donors (Lipinski definition) is 1. The summed E-state index contributed by atoms with van der Waals surface area (Å²) < 4.78 is 11.6. The summed E-state index contributed by atoms with van der Waals surface area (Å²) in [4.78, 5) is 12.7. The number of furan rings is 1. The first kappa shape index (κ1) is 23.0. The summed E-state index contributed by atoms with van der Waals surface area (Å²) in [7, 11) is 1.61. The maximum Gasteiger partial charge on any atom is 0.248 e. The first-order chi connectivity index (χ1) is 15.8. The van der Waals surface area contributed by atoms with Crippen molar-refractivity contribution in [3.63, 3.8) is 0 Å². The van der Waals surface area contributed by atoms with Crippen LogP contribution >= 0.6 is 23.2 Å². The van der Waals surface area contributed by atoms with Crippen LogP contribution in [0, 0.1) is 13.8 Å². The molecule has 4 nitrogen and oxygen atoms in total. The van der Waals surface area contributed by atoms with Gasteiger partial charge in [0.1, 0.15) is 11.3 Å². The van der Waals surface area contributed by atoms with E-state index in [1.54, 1.807) is 25.5 Å². The number of fused-ring (bicyclic) bond motifs is 1. The molecule has 6 heteroatoms. The van der Waals surface area contributed by atoms with Gasteiger partial charge in [-0.15, -0.1) is 0 Å². The minimum absolute atomic E-state index is 0.252. The fourth-order valence-electron chi connectivity index (χ4n) is 3.85. The largest absolute Gasteiger partial charge is 0.496 e. The monoisotopic (exact) mass is 479 g/mol. The lowest BCUT2D eigenvalue weighted by Crippen LogP contribution is -2.09. The lowest BCUT2D eigenvalue weighted by molar-refractivity contribution is -0.111. The number of aryl methyl sites for hydroxylation is 2. The standard InChI is InChI=1S/C27H23Cl2NO3/c1-15-5-10-20(12-24(15)29)30-25(31)11-16(2)21-13-22-23(18-6-8-19(28)9-7-18)14-33-27(22)17(3)26(21)32-4/h5-14H,1-4H3,(H,30,31)/b16-11+. The van der Waals surface area contributed by atoms with Crippen molar-refractivity contribution >= 4 is 51.3 Å². The fourth-order valence-corrected chi connectivity index (χ4v) is 4.15. The quantitative estimate of drug-likeness (QED) is 0.294. The van der Waals surface area contributed by atoms with Crippen LogP contribution in [0.4, 0.5) is 5.69 Å². The molecule has 0 aliphatic heterocycles. The van der Waals surface area contributed by atoms with Gasteiger partial charge in [0.05, 0.1) is 13.4 Å². The first-order valence-electron chi connectivity index (χ1n) is 10.4. The number of carbonyl (C=O) groups excluding carboxylic acids is 1. The van der Waals surface area contributed by atoms with E-state index in [2.05, 4.69) is 5.32 Å². The number of amides is 1. The summed E-state index contributed by atoms with van der Waals surface area (Å²) in [5.41, 5.74) is 6.71. The highest BCUT2D eigenvalue weighted by Crippen LogP contribution is 2.40. The van der Waals surface area contributed by atoms with Crippen LogP contribution in [0.2, 0.25) is 10.0 Å². The Balaban J connectivity index is 1.74. The van der Waals surface area contributed by atoms with Crippen LogP contribution in [0.25, 0.3) is 27.7 Å². The number of ether oxygens (including phenoxy) is 1. The number of methoxy groups -OCH3 is 1. The molecule has 0 saturated heterocycles. The van der Waals surface area contributed by atoms with Crippen molar-refractivity contribution < 1.29 is 13.9 Å². The van der Waals surface area contributed by atoms with E-state index in [0.29, 0.717) is 21.5 Å². The van der Waals surface area contributed by atoms with Gasteiger partial charge in [0.15, 0.2) is 0 Å². The summed E-state index contributed by atoms with van der Waals surface area (Å²) in [5.74, 6) is 0.414. The molecule has 4 rings (SSSR count). The number of hydrogen-bond acceptors (Lipinski definition) is 3. The molecule has 0 radical (unpaired) electrons. The molecule has 1 heterocycles. The third-order valence-corrected chi connectivity index (χ3v) is 6.27. The molecule has 0 unspecified atom stereocenters. The molecule has 3 aromatic carbocycles. The second-order valence-corrected chi connectivity index (χ2v) is 8.74. The van der Waals surface area contributed by atoms with Gasteiger partial charge in [-0.25, -0.2) is 0 Å². The van der Waals surface area contributed by atoms with Crippen molar-refractivity contribution in [3.8, 4) is 16.9 Å². The van der Waals surface area contributed by atoms with E-state index in [9.17, 15) is 4.79 Å². The lowest BCUT2D eigenvalue weighted by atomic mass is 9.96. The highest BCUT2D eigenvalue weighted by atomic mass is 35.5. The number of rotatable bonds is 5. The van der Waals surface area contributed by atoms with E-state index in [1.807, 2.05) is 63.2 Å². The molecule has 0 spiro atoms. The zero-order chi connectivity index (χ0) is 23.7. The van der Waals surface area contributed by atoms with Gasteiger partial charge in [-0.1, -0.05) is 41.4 Å². The number of anilines is 1. The van der Waals surface area contributed by atoms with E-state index < -0.39 is 0 Å². The number of nitrogens with one attached hydrogen (secondary N) is 1. The Morgan fingerprint density at radius 1 is 1.06 bits per heavy atom. The zero-order valence-electron chi connectivity index (χ0n) is 18.8. The molecule has 168 valence electrons. The molecular formula is C27H23Cl2NO3. The van der Waals surface area contributed by atoms with Gasteiger partial charge < -0.3 is 14.5 Å². The molecule has 1 amide bonds. The van der Waals surface area contributed by atoms with Crippen molar-refractivity contribution in [2.45, 2.75) is 20.8 Å². The van der Waals surface area contributed by atoms with Crippen molar-refractivity contribution in [2.24, 2.45) is 0 Å². The Morgan fingerprint density at radius 2 is 1.79 bits per heavy atom. The summed E-state index contributed by atoms with van der Waals surface area (Å²) in [6.07, 6.45) is 3.29. The fraction of sp³-hybridized carbons (Fsp3) is 0.148. The van der Waals surface area contributed by atoms with Gasteiger partial charge in [0.2, 0.25) is 5.91 Å². The Morgan fingerprint density at radius 3 is 2.45 bits per heavy atom. The predicted molar refractivity (Wildman–Crippen MR) is 136 cm³/mol. The average molecular weight is 480 g/mol. The molecule has 0 fully saturated rings. The van der Waals surface area contributed by atoms with E-state index >= 15 is 0 Å². The van der Waals surface area contributed by atoms with E-state index in [4.69, 9.17) is 32.4 Å². The van der Waals surface area contributed by atoms with Crippen molar-refractivity contribution in [1.29, 1.82) is 0 Å². The average Bonchev–Trinajstić information content (AvgIpc) is 3.21. The summed E-state index contributed by atoms with van der Waals surface area (Å²) in [6.45, 7) is 5.74. The molecule has 1 aromatic heterocycles. The third kappa shape index (κ3) is 4.63. The van der Waals surface area contributed by atoms with Crippen molar-refractivity contribution in [2.75, 3.05) is 12.4 Å². The molecular weight excluding hydrogens is 457 g/mol. The molecule has 0 saturated carbocycles. The van der Waals surface area contributed by atoms with Gasteiger partial charge in [-0.05, 0) is 67.8 Å². The Hall–Kier alpha value is -3.21. The number of benzene rings is 3. The third-order valence-electron chi connectivity index (χ3n) is 5.62. The highest BCUT2D eigenvalue weighted by molar-refractivity contribution is 6.31. The molecule has 33 heavy (non-hydrogen) atoms. The summed E-state index contributed by atoms with van der Waals surface area (Å²) in [6, 6.07) is 15.0. The Kier molecular flexibility index (Phi) is 6.50. The van der Waals surface area contributed by atoms with Crippen LogP contribution in [0.1, 0.15) is 23.6 Å². The van der Waals surface area contributed by atoms with Crippen LogP contribution in [-0.2, 0) is 4.79 Å². The van der Waals surface area contributed by atoms with Crippen molar-refractivity contribution in [1.82, 2.24) is 0 Å². The van der Waals surface area contributed by atoms with Crippen LogP contribution in [-0.4, -0.2) is 13.0 Å². The Bertz CT molecular complexity index is 1390. The topological polar surface area (TPSA) is 51.5 Å². The Labute approximate surface area is 202 Å². The molecule has 0 aliphatic rings. The predicted octanol–water partition coefficient (Wildman–Crippen LogP) is 8.07. The summed E-state index contributed by atoms with van der Waals surface area (Å²) in [5, 5.41) is 5.07. The number of allylic oxidation sites excluding steroid dienone is 1. The second-order valence-electron chi connectivity index (χ2n) is 7.90. The van der Waals surface area contributed by atoms with Crippen LogP contribution in [0.15, 0.2) is 65.3 Å². The minimum Gasteiger partial charge on any atom is -0.496 e. The second kappa shape index (κ2) is 9.34. The van der Waals surface area contributed by atoms with E-state index in [1.165, 1.54) is 0 Å². The van der Waals surface area contributed by atoms with Crippen LogP contribution in [0.3, 0.4) is 0 Å². The maximum absolute atomic E-state index is 12.7. The van der Waals surface area contributed by atoms with Gasteiger partial charge in [-0.3, -0.25) is 4.79 Å². The molecule has 0 aliphatic carbocycles. The van der Waals surface area contributed by atoms with Crippen LogP contribution < -0.4 is 10.1 Å². The van der Waals surface area contributed by atoms with E-state index in [-0.39, 0.29) is 5.91 Å². The zero-order valence-corrected chi connectivity index (χ0v) is 20.3. The number of halogens is 2. The SMILES string of the molecule is COc1c(/C(C)=C/C(=O)Nc2ccc(C)c(Cl)c2)cc2c(-c3ccc(Cl)cc3)coc2c1C. The van der Waals surface area contributed by atoms with Gasteiger partial charge in [-0.2, -0.15) is 0 Å². The lowest BCUT2D eigenvalue weighted by Gasteiger charge is -2.13. The highest BCUT2D eigenvalue weighted by Gasteiger charge is 2.19. The maximum atomic E-state index is 12.7. The molecule has 0 bridgehead atoms. The molecule has 1 N–H and O–H groups in total. The minimum atomic E-state index is -0.252. The van der Waals surface area contributed by atoms with E-state index in [0.717, 1.165) is 44.4 Å². The van der Waals surface area contributed by atoms with Crippen molar-refractivity contribution in [3.05, 3.63) is 87.6 Å². The smallest absolute Gasteiger partial charge is 0.248 e. The number of carbonyl (C=O) groups is 1. The van der Waals surface area contributed by atoms with Crippen LogP contribution in [0.5, 0.6) is 5.75 Å². The normalized spacial score (nSPS) is 11.6.